The molecule has 0 fully saturated rings. The lowest BCUT2D eigenvalue weighted by Crippen LogP contribution is -2.42. The molecule has 0 spiro atoms. The SMILES string of the molecule is Cc1cnn(CCNCC(=O)N2c3ccccc3C[C@H]2C)c1. The van der Waals surface area contributed by atoms with Crippen molar-refractivity contribution < 1.29 is 4.79 Å². The maximum atomic E-state index is 12.5. The Hall–Kier alpha value is -2.14. The summed E-state index contributed by atoms with van der Waals surface area (Å²) in [6.45, 7) is 5.99. The third kappa shape index (κ3) is 3.04. The molecule has 0 saturated carbocycles. The maximum Gasteiger partial charge on any atom is 0.241 e. The molecule has 1 atom stereocenters. The second kappa shape index (κ2) is 6.32. The Kier molecular flexibility index (Phi) is 4.24. The zero-order valence-electron chi connectivity index (χ0n) is 13.1. The molecule has 22 heavy (non-hydrogen) atoms. The predicted octanol–water partition coefficient (Wildman–Crippen LogP) is 1.76. The van der Waals surface area contributed by atoms with Crippen LogP contribution >= 0.6 is 0 Å². The van der Waals surface area contributed by atoms with Crippen molar-refractivity contribution in [1.82, 2.24) is 15.1 Å². The fraction of sp³-hybridized carbons (Fsp3) is 0.412. The number of nitrogens with one attached hydrogen (secondary N) is 1. The van der Waals surface area contributed by atoms with E-state index in [0.29, 0.717) is 6.54 Å². The number of aromatic nitrogens is 2. The Bertz CT molecular complexity index is 664. The van der Waals surface area contributed by atoms with E-state index in [9.17, 15) is 4.79 Å². The Morgan fingerprint density at radius 1 is 1.41 bits per heavy atom. The zero-order chi connectivity index (χ0) is 15.5. The Labute approximate surface area is 130 Å². The van der Waals surface area contributed by atoms with Gasteiger partial charge in [-0.25, -0.2) is 0 Å². The van der Waals surface area contributed by atoms with Crippen LogP contribution in [0.2, 0.25) is 0 Å². The molecule has 0 unspecified atom stereocenters. The molecule has 1 aliphatic heterocycles. The molecule has 1 aliphatic rings. The standard InChI is InChI=1S/C17H22N4O/c1-13-10-19-20(12-13)8-7-18-11-17(22)21-14(2)9-15-5-3-4-6-16(15)21/h3-6,10,12,14,18H,7-9,11H2,1-2H3/t14-/m1/s1. The average Bonchev–Trinajstić information content (AvgIpc) is 3.05. The first-order chi connectivity index (χ1) is 10.6. The number of benzene rings is 1. The molecule has 1 aromatic heterocycles. The third-order valence-electron chi connectivity index (χ3n) is 4.03. The van der Waals surface area contributed by atoms with Gasteiger partial charge in [-0.15, -0.1) is 0 Å². The van der Waals surface area contributed by atoms with E-state index in [-0.39, 0.29) is 11.9 Å². The summed E-state index contributed by atoms with van der Waals surface area (Å²) in [5, 5.41) is 7.45. The van der Waals surface area contributed by atoms with Crippen molar-refractivity contribution >= 4 is 11.6 Å². The summed E-state index contributed by atoms with van der Waals surface area (Å²) < 4.78 is 1.89. The van der Waals surface area contributed by atoms with Gasteiger partial charge in [0.15, 0.2) is 0 Å². The van der Waals surface area contributed by atoms with Crippen LogP contribution in [0.5, 0.6) is 0 Å². The van der Waals surface area contributed by atoms with Gasteiger partial charge in [-0.1, -0.05) is 18.2 Å². The van der Waals surface area contributed by atoms with Crippen molar-refractivity contribution in [3.8, 4) is 0 Å². The number of anilines is 1. The Morgan fingerprint density at radius 3 is 3.00 bits per heavy atom. The Balaban J connectivity index is 1.52. The molecule has 5 nitrogen and oxygen atoms in total. The molecular weight excluding hydrogens is 276 g/mol. The number of hydrogen-bond donors (Lipinski definition) is 1. The summed E-state index contributed by atoms with van der Waals surface area (Å²) in [4.78, 5) is 14.4. The van der Waals surface area contributed by atoms with E-state index in [1.165, 1.54) is 5.56 Å². The highest BCUT2D eigenvalue weighted by Gasteiger charge is 2.29. The highest BCUT2D eigenvalue weighted by Crippen LogP contribution is 2.31. The second-order valence-corrected chi connectivity index (χ2v) is 5.90. The van der Waals surface area contributed by atoms with Crippen molar-refractivity contribution in [2.45, 2.75) is 32.9 Å². The van der Waals surface area contributed by atoms with Gasteiger partial charge in [0.25, 0.3) is 0 Å². The molecule has 0 saturated heterocycles. The molecule has 0 bridgehead atoms. The number of nitrogens with zero attached hydrogens (tertiary/aromatic N) is 3. The first kappa shape index (κ1) is 14.8. The van der Waals surface area contributed by atoms with E-state index in [0.717, 1.165) is 30.8 Å². The van der Waals surface area contributed by atoms with E-state index in [1.54, 1.807) is 0 Å². The minimum Gasteiger partial charge on any atom is -0.308 e. The summed E-state index contributed by atoms with van der Waals surface area (Å²) in [7, 11) is 0. The van der Waals surface area contributed by atoms with Crippen LogP contribution in [0.4, 0.5) is 5.69 Å². The summed E-state index contributed by atoms with van der Waals surface area (Å²) in [5.41, 5.74) is 3.47. The van der Waals surface area contributed by atoms with Crippen LogP contribution < -0.4 is 10.2 Å². The van der Waals surface area contributed by atoms with Gasteiger partial charge in [-0.2, -0.15) is 5.10 Å². The lowest BCUT2D eigenvalue weighted by molar-refractivity contribution is -0.118. The highest BCUT2D eigenvalue weighted by atomic mass is 16.2. The molecule has 0 radical (unpaired) electrons. The summed E-state index contributed by atoms with van der Waals surface area (Å²) in [6, 6.07) is 8.39. The van der Waals surface area contributed by atoms with Gasteiger partial charge in [-0.3, -0.25) is 9.48 Å². The van der Waals surface area contributed by atoms with Gasteiger partial charge < -0.3 is 10.2 Å². The van der Waals surface area contributed by atoms with Crippen LogP contribution in [-0.4, -0.2) is 34.8 Å². The van der Waals surface area contributed by atoms with E-state index in [1.807, 2.05) is 47.1 Å². The van der Waals surface area contributed by atoms with Crippen molar-refractivity contribution in [2.24, 2.45) is 0 Å². The summed E-state index contributed by atoms with van der Waals surface area (Å²) in [6.07, 6.45) is 4.78. The highest BCUT2D eigenvalue weighted by molar-refractivity contribution is 5.97. The van der Waals surface area contributed by atoms with Crippen LogP contribution in [-0.2, 0) is 17.8 Å². The van der Waals surface area contributed by atoms with Crippen molar-refractivity contribution in [3.63, 3.8) is 0 Å². The van der Waals surface area contributed by atoms with Gasteiger partial charge in [0.1, 0.15) is 0 Å². The van der Waals surface area contributed by atoms with E-state index in [4.69, 9.17) is 0 Å². The molecule has 0 aliphatic carbocycles. The zero-order valence-corrected chi connectivity index (χ0v) is 13.1. The van der Waals surface area contributed by atoms with Crippen LogP contribution in [0.15, 0.2) is 36.7 Å². The largest absolute Gasteiger partial charge is 0.308 e. The average molecular weight is 298 g/mol. The number of rotatable bonds is 5. The second-order valence-electron chi connectivity index (χ2n) is 5.90. The van der Waals surface area contributed by atoms with Crippen LogP contribution in [0.3, 0.4) is 0 Å². The monoisotopic (exact) mass is 298 g/mol. The number of carbonyl (C=O) groups excluding carboxylic acids is 1. The van der Waals surface area contributed by atoms with E-state index < -0.39 is 0 Å². The molecule has 1 amide bonds. The molecule has 116 valence electrons. The lowest BCUT2D eigenvalue weighted by atomic mass is 10.1. The lowest BCUT2D eigenvalue weighted by Gasteiger charge is -2.23. The van der Waals surface area contributed by atoms with Crippen molar-refractivity contribution in [3.05, 3.63) is 47.8 Å². The fourth-order valence-electron chi connectivity index (χ4n) is 3.01. The van der Waals surface area contributed by atoms with Crippen molar-refractivity contribution in [2.75, 3.05) is 18.0 Å². The number of hydrogen-bond acceptors (Lipinski definition) is 3. The molecule has 3 rings (SSSR count). The minimum absolute atomic E-state index is 0.133. The number of carbonyl (C=O) groups is 1. The number of para-hydroxylation sites is 1. The number of fused-ring (bicyclic) bond motifs is 1. The predicted molar refractivity (Wildman–Crippen MR) is 86.9 cm³/mol. The molecule has 2 aromatic rings. The van der Waals surface area contributed by atoms with Crippen LogP contribution in [0.25, 0.3) is 0 Å². The molecule has 1 N–H and O–H groups in total. The minimum atomic E-state index is 0.133. The van der Waals surface area contributed by atoms with Crippen molar-refractivity contribution in [1.29, 1.82) is 0 Å². The first-order valence-electron chi connectivity index (χ1n) is 7.75. The van der Waals surface area contributed by atoms with E-state index >= 15 is 0 Å². The Morgan fingerprint density at radius 2 is 2.23 bits per heavy atom. The molecule has 5 heteroatoms. The van der Waals surface area contributed by atoms with Gasteiger partial charge >= 0.3 is 0 Å². The quantitative estimate of drug-likeness (QED) is 0.856. The van der Waals surface area contributed by atoms with Crippen LogP contribution in [0.1, 0.15) is 18.1 Å². The first-order valence-corrected chi connectivity index (χ1v) is 7.75. The fourth-order valence-corrected chi connectivity index (χ4v) is 3.01. The van der Waals surface area contributed by atoms with Crippen LogP contribution in [0, 0.1) is 6.92 Å². The normalized spacial score (nSPS) is 16.8. The number of aryl methyl sites for hydroxylation is 1. The smallest absolute Gasteiger partial charge is 0.241 e. The van der Waals surface area contributed by atoms with Gasteiger partial charge in [0, 0.05) is 24.5 Å². The van der Waals surface area contributed by atoms with Gasteiger partial charge in [0.05, 0.1) is 19.3 Å². The molecular formula is C17H22N4O. The van der Waals surface area contributed by atoms with Gasteiger partial charge in [-0.05, 0) is 37.5 Å². The third-order valence-corrected chi connectivity index (χ3v) is 4.03. The topological polar surface area (TPSA) is 50.2 Å². The molecule has 1 aromatic carbocycles. The number of amides is 1. The summed E-state index contributed by atoms with van der Waals surface area (Å²) in [5.74, 6) is 0.133. The van der Waals surface area contributed by atoms with E-state index in [2.05, 4.69) is 23.4 Å². The van der Waals surface area contributed by atoms with Gasteiger partial charge in [0.2, 0.25) is 5.91 Å². The molecule has 2 heterocycles. The summed E-state index contributed by atoms with van der Waals surface area (Å²) >= 11 is 0. The maximum absolute atomic E-state index is 12.5.